The lowest BCUT2D eigenvalue weighted by Crippen LogP contribution is -2.34. The molecule has 2 heteroatoms. The number of rotatable bonds is 6. The molecule has 2 aliphatic rings. The predicted molar refractivity (Wildman–Crippen MR) is 87.3 cm³/mol. The molecule has 0 saturated heterocycles. The Hall–Kier alpha value is -1.75. The van der Waals surface area contributed by atoms with E-state index in [0.29, 0.717) is 12.3 Å². The molecule has 0 fully saturated rings. The Bertz CT molecular complexity index is 552. The number of unbranched alkanes of at least 4 members (excludes halogenated alkanes) is 2. The van der Waals surface area contributed by atoms with E-state index in [9.17, 15) is 4.79 Å². The molecule has 1 unspecified atom stereocenters. The fourth-order valence-electron chi connectivity index (χ4n) is 2.72. The third-order valence-corrected chi connectivity index (χ3v) is 4.01. The van der Waals surface area contributed by atoms with Crippen LogP contribution < -0.4 is 5.32 Å². The van der Waals surface area contributed by atoms with E-state index in [2.05, 4.69) is 43.2 Å². The molecule has 0 spiro atoms. The Balaban J connectivity index is 1.87. The van der Waals surface area contributed by atoms with E-state index >= 15 is 0 Å². The highest BCUT2D eigenvalue weighted by molar-refractivity contribution is 6.00. The molecule has 1 aliphatic carbocycles. The van der Waals surface area contributed by atoms with E-state index in [1.165, 1.54) is 0 Å². The van der Waals surface area contributed by atoms with Crippen LogP contribution in [0.1, 0.15) is 52.9 Å². The standard InChI is InChI=1S/C19H25NO/c1-14(2)10-6-4-5-7-12-17-15(3)19(21)16-11-8-9-13-18(16)20-17/h6,10,13-14,16,20H,4-5,7,11-12H2,1-3H3/b10-6+. The molecule has 0 aromatic rings. The lowest BCUT2D eigenvalue weighted by Gasteiger charge is -2.28. The van der Waals surface area contributed by atoms with Crippen molar-refractivity contribution in [1.82, 2.24) is 5.32 Å². The lowest BCUT2D eigenvalue weighted by atomic mass is 9.85. The summed E-state index contributed by atoms with van der Waals surface area (Å²) >= 11 is 0. The first-order chi connectivity index (χ1) is 10.1. The van der Waals surface area contributed by atoms with Crippen molar-refractivity contribution in [1.29, 1.82) is 0 Å². The summed E-state index contributed by atoms with van der Waals surface area (Å²) in [5.41, 5.74) is 3.00. The summed E-state index contributed by atoms with van der Waals surface area (Å²) in [7, 11) is 0. The van der Waals surface area contributed by atoms with Gasteiger partial charge in [-0.3, -0.25) is 4.79 Å². The van der Waals surface area contributed by atoms with Crippen LogP contribution in [-0.2, 0) is 4.79 Å². The second-order valence-electron chi connectivity index (χ2n) is 6.19. The first-order valence-corrected chi connectivity index (χ1v) is 7.95. The molecule has 0 aromatic carbocycles. The van der Waals surface area contributed by atoms with Gasteiger partial charge in [0.2, 0.25) is 0 Å². The molecule has 2 rings (SSSR count). The average molecular weight is 283 g/mol. The Morgan fingerprint density at radius 3 is 3.00 bits per heavy atom. The van der Waals surface area contributed by atoms with Gasteiger partial charge in [-0.1, -0.05) is 37.8 Å². The van der Waals surface area contributed by atoms with Gasteiger partial charge in [-0.15, -0.1) is 0 Å². The summed E-state index contributed by atoms with van der Waals surface area (Å²) in [4.78, 5) is 12.4. The van der Waals surface area contributed by atoms with Crippen LogP contribution in [0.15, 0.2) is 35.2 Å². The van der Waals surface area contributed by atoms with Gasteiger partial charge in [0.05, 0.1) is 5.92 Å². The van der Waals surface area contributed by atoms with Gasteiger partial charge in [0.1, 0.15) is 0 Å². The van der Waals surface area contributed by atoms with Crippen molar-refractivity contribution in [3.63, 3.8) is 0 Å². The zero-order valence-corrected chi connectivity index (χ0v) is 13.3. The van der Waals surface area contributed by atoms with Gasteiger partial charge in [0.25, 0.3) is 0 Å². The number of carbonyl (C=O) groups excluding carboxylic acids is 1. The summed E-state index contributed by atoms with van der Waals surface area (Å²) < 4.78 is 0. The molecular weight excluding hydrogens is 258 g/mol. The van der Waals surface area contributed by atoms with Gasteiger partial charge in [-0.2, -0.15) is 0 Å². The molecule has 2 nitrogen and oxygen atoms in total. The number of allylic oxidation sites excluding steroid dienone is 6. The van der Waals surface area contributed by atoms with E-state index in [-0.39, 0.29) is 11.7 Å². The Kier molecular flexibility index (Phi) is 5.44. The van der Waals surface area contributed by atoms with E-state index in [4.69, 9.17) is 0 Å². The highest BCUT2D eigenvalue weighted by atomic mass is 16.1. The van der Waals surface area contributed by atoms with Crippen molar-refractivity contribution in [2.75, 3.05) is 0 Å². The Morgan fingerprint density at radius 2 is 2.24 bits per heavy atom. The van der Waals surface area contributed by atoms with Crippen molar-refractivity contribution in [2.24, 2.45) is 11.8 Å². The fourth-order valence-corrected chi connectivity index (χ4v) is 2.72. The molecule has 0 aromatic heterocycles. The molecule has 0 bridgehead atoms. The van der Waals surface area contributed by atoms with Crippen LogP contribution in [0.2, 0.25) is 0 Å². The highest BCUT2D eigenvalue weighted by Crippen LogP contribution is 2.29. The van der Waals surface area contributed by atoms with Crippen LogP contribution in [0.5, 0.6) is 0 Å². The van der Waals surface area contributed by atoms with E-state index in [0.717, 1.165) is 42.7 Å². The summed E-state index contributed by atoms with van der Waals surface area (Å²) in [5, 5.41) is 3.44. The summed E-state index contributed by atoms with van der Waals surface area (Å²) in [6.07, 6.45) is 11.4. The molecular formula is C19H25NO. The smallest absolute Gasteiger partial charge is 0.170 e. The quantitative estimate of drug-likeness (QED) is 0.451. The van der Waals surface area contributed by atoms with Gasteiger partial charge in [0, 0.05) is 29.5 Å². The number of Topliss-reactive ketones (excluding diaryl/α,β-unsaturated/α-hetero) is 1. The highest BCUT2D eigenvalue weighted by Gasteiger charge is 2.30. The lowest BCUT2D eigenvalue weighted by molar-refractivity contribution is -0.118. The van der Waals surface area contributed by atoms with Crippen molar-refractivity contribution in [3.8, 4) is 11.8 Å². The first-order valence-electron chi connectivity index (χ1n) is 7.95. The third-order valence-electron chi connectivity index (χ3n) is 4.01. The van der Waals surface area contributed by atoms with Crippen LogP contribution in [-0.4, -0.2) is 5.78 Å². The summed E-state index contributed by atoms with van der Waals surface area (Å²) in [6, 6.07) is 0. The predicted octanol–water partition coefficient (Wildman–Crippen LogP) is 4.11. The summed E-state index contributed by atoms with van der Waals surface area (Å²) in [5.74, 6) is 6.81. The molecule has 1 heterocycles. The van der Waals surface area contributed by atoms with Gasteiger partial charge < -0.3 is 5.32 Å². The number of nitrogens with one attached hydrogen (secondary N) is 1. The van der Waals surface area contributed by atoms with Gasteiger partial charge in [-0.05, 0) is 38.5 Å². The number of hydrogen-bond acceptors (Lipinski definition) is 2. The largest absolute Gasteiger partial charge is 0.361 e. The van der Waals surface area contributed by atoms with Crippen LogP contribution >= 0.6 is 0 Å². The van der Waals surface area contributed by atoms with Crippen molar-refractivity contribution in [3.05, 3.63) is 35.2 Å². The maximum absolute atomic E-state index is 12.4. The molecule has 1 N–H and O–H groups in total. The second-order valence-corrected chi connectivity index (χ2v) is 6.19. The molecule has 0 saturated carbocycles. The number of carbonyl (C=O) groups is 1. The molecule has 1 atom stereocenters. The van der Waals surface area contributed by atoms with Crippen molar-refractivity contribution >= 4 is 5.78 Å². The first kappa shape index (κ1) is 15.6. The zero-order chi connectivity index (χ0) is 15.2. The second kappa shape index (κ2) is 7.31. The normalized spacial score (nSPS) is 21.0. The Labute approximate surface area is 128 Å². The zero-order valence-electron chi connectivity index (χ0n) is 13.3. The van der Waals surface area contributed by atoms with Crippen LogP contribution in [0.4, 0.5) is 0 Å². The minimum atomic E-state index is -0.0519. The van der Waals surface area contributed by atoms with Crippen LogP contribution in [0, 0.1) is 23.7 Å². The number of hydrogen-bond donors (Lipinski definition) is 1. The molecule has 0 amide bonds. The number of fused-ring (bicyclic) bond motifs is 1. The van der Waals surface area contributed by atoms with E-state index in [1.807, 2.05) is 13.0 Å². The van der Waals surface area contributed by atoms with Gasteiger partial charge >= 0.3 is 0 Å². The third kappa shape index (κ3) is 4.11. The van der Waals surface area contributed by atoms with E-state index in [1.54, 1.807) is 0 Å². The maximum atomic E-state index is 12.4. The maximum Gasteiger partial charge on any atom is 0.170 e. The Morgan fingerprint density at radius 1 is 1.43 bits per heavy atom. The van der Waals surface area contributed by atoms with Crippen molar-refractivity contribution < 1.29 is 4.79 Å². The molecule has 112 valence electrons. The van der Waals surface area contributed by atoms with E-state index < -0.39 is 0 Å². The van der Waals surface area contributed by atoms with Gasteiger partial charge in [-0.25, -0.2) is 0 Å². The van der Waals surface area contributed by atoms with Gasteiger partial charge in [0.15, 0.2) is 5.78 Å². The van der Waals surface area contributed by atoms with Crippen LogP contribution in [0.3, 0.4) is 0 Å². The minimum absolute atomic E-state index is 0.0519. The topological polar surface area (TPSA) is 29.1 Å². The summed E-state index contributed by atoms with van der Waals surface area (Å²) in [6.45, 7) is 6.33. The monoisotopic (exact) mass is 283 g/mol. The van der Waals surface area contributed by atoms with Crippen molar-refractivity contribution in [2.45, 2.75) is 52.9 Å². The molecule has 21 heavy (non-hydrogen) atoms. The van der Waals surface area contributed by atoms with Crippen LogP contribution in [0.25, 0.3) is 0 Å². The number of ketones is 1. The SMILES string of the molecule is CC1=C(CCCC/C=C/C(C)C)NC2=CC#CCC2C1=O. The molecule has 0 radical (unpaired) electrons. The minimum Gasteiger partial charge on any atom is -0.361 e. The fraction of sp³-hybridized carbons (Fsp3) is 0.526. The average Bonchev–Trinajstić information content (AvgIpc) is 2.47. The molecule has 1 aliphatic heterocycles.